The largest absolute Gasteiger partial charge is 0.458 e. The van der Waals surface area contributed by atoms with Gasteiger partial charge >= 0.3 is 0 Å². The van der Waals surface area contributed by atoms with E-state index in [-0.39, 0.29) is 0 Å². The van der Waals surface area contributed by atoms with Crippen LogP contribution in [0.3, 0.4) is 0 Å². The Morgan fingerprint density at radius 1 is 0.439 bits per heavy atom. The zero-order valence-corrected chi connectivity index (χ0v) is 23.8. The number of ether oxygens (including phenoxy) is 2. The molecule has 5 heteroatoms. The van der Waals surface area contributed by atoms with Gasteiger partial charge in [-0.3, -0.25) is 0 Å². The van der Waals surface area contributed by atoms with E-state index in [0.29, 0.717) is 0 Å². The molecule has 194 valence electrons. The Morgan fingerprint density at radius 3 is 1.59 bits per heavy atom. The molecule has 6 aromatic rings. The highest BCUT2D eigenvalue weighted by molar-refractivity contribution is 8.00. The molecule has 0 atom stereocenters. The molecule has 9 rings (SSSR count). The van der Waals surface area contributed by atoms with Gasteiger partial charge < -0.3 is 14.4 Å². The standard InChI is InChI=1S/C36H23NO2SSi/c1-3-13-27-25(11-1)37(26-12-2-4-14-28(26)38-27)24-21-22-30-36(23-24)41(33-18-8-5-15-29(33)39-30)34-19-9-6-16-31(34)40-32-17-7-10-20-35(32)41/h1-23H. The van der Waals surface area contributed by atoms with Crippen LogP contribution in [0.2, 0.25) is 0 Å². The van der Waals surface area contributed by atoms with E-state index >= 15 is 0 Å². The first-order valence-corrected chi connectivity index (χ1v) is 16.6. The van der Waals surface area contributed by atoms with Crippen molar-refractivity contribution in [3.8, 4) is 23.0 Å². The molecule has 41 heavy (non-hydrogen) atoms. The lowest BCUT2D eigenvalue weighted by Crippen LogP contribution is -2.77. The van der Waals surface area contributed by atoms with Crippen LogP contribution in [0.25, 0.3) is 0 Å². The average Bonchev–Trinajstić information content (AvgIpc) is 3.03. The fraction of sp³-hybridized carbons (Fsp3) is 0. The van der Waals surface area contributed by atoms with Crippen molar-refractivity contribution in [2.75, 3.05) is 4.90 Å². The summed E-state index contributed by atoms with van der Waals surface area (Å²) in [6.45, 7) is 0. The van der Waals surface area contributed by atoms with E-state index in [1.54, 1.807) is 0 Å². The highest BCUT2D eigenvalue weighted by atomic mass is 32.2. The smallest absolute Gasteiger partial charge is 0.190 e. The van der Waals surface area contributed by atoms with Crippen LogP contribution in [0.1, 0.15) is 0 Å². The number of nitrogens with zero attached hydrogens (tertiary/aromatic N) is 1. The summed E-state index contributed by atoms with van der Waals surface area (Å²) in [5, 5.41) is 5.41. The summed E-state index contributed by atoms with van der Waals surface area (Å²) in [6, 6.07) is 49.9. The van der Waals surface area contributed by atoms with Crippen molar-refractivity contribution < 1.29 is 9.47 Å². The van der Waals surface area contributed by atoms with E-state index < -0.39 is 8.07 Å². The van der Waals surface area contributed by atoms with Gasteiger partial charge in [0.25, 0.3) is 0 Å². The lowest BCUT2D eigenvalue weighted by Gasteiger charge is -2.44. The maximum absolute atomic E-state index is 6.70. The monoisotopic (exact) mass is 561 g/mol. The Balaban J connectivity index is 1.38. The van der Waals surface area contributed by atoms with Crippen LogP contribution in [-0.4, -0.2) is 8.07 Å². The molecular formula is C36H23NO2SSi. The first-order chi connectivity index (χ1) is 20.3. The molecule has 0 aromatic heterocycles. The van der Waals surface area contributed by atoms with Gasteiger partial charge in [0, 0.05) is 15.5 Å². The number of fused-ring (bicyclic) bond motifs is 10. The van der Waals surface area contributed by atoms with Crippen molar-refractivity contribution in [1.82, 2.24) is 0 Å². The highest BCUT2D eigenvalue weighted by Gasteiger charge is 2.52. The van der Waals surface area contributed by atoms with Gasteiger partial charge in [0.1, 0.15) is 11.5 Å². The molecule has 0 unspecified atom stereocenters. The number of anilines is 3. The Hall–Kier alpha value is -4.71. The number of hydrogen-bond acceptors (Lipinski definition) is 4. The minimum absolute atomic E-state index is 0.849. The summed E-state index contributed by atoms with van der Waals surface area (Å²) < 4.78 is 13.0. The maximum atomic E-state index is 6.70. The Morgan fingerprint density at radius 2 is 0.927 bits per heavy atom. The maximum Gasteiger partial charge on any atom is 0.190 e. The molecule has 0 amide bonds. The van der Waals surface area contributed by atoms with E-state index in [1.807, 2.05) is 36.0 Å². The summed E-state index contributed by atoms with van der Waals surface area (Å²) in [5.74, 6) is 3.59. The normalized spacial score (nSPS) is 14.8. The van der Waals surface area contributed by atoms with Crippen molar-refractivity contribution in [1.29, 1.82) is 0 Å². The van der Waals surface area contributed by atoms with Crippen molar-refractivity contribution >= 4 is 57.6 Å². The second-order valence-electron chi connectivity index (χ2n) is 10.5. The molecule has 1 spiro atoms. The first kappa shape index (κ1) is 23.0. The highest BCUT2D eigenvalue weighted by Crippen LogP contribution is 2.50. The predicted octanol–water partition coefficient (Wildman–Crippen LogP) is 7.21. The van der Waals surface area contributed by atoms with Crippen LogP contribution in [0.15, 0.2) is 149 Å². The van der Waals surface area contributed by atoms with E-state index in [2.05, 4.69) is 120 Å². The summed E-state index contributed by atoms with van der Waals surface area (Å²) in [4.78, 5) is 4.98. The average molecular weight is 562 g/mol. The zero-order valence-electron chi connectivity index (χ0n) is 22.0. The molecule has 0 saturated heterocycles. The number of rotatable bonds is 1. The Bertz CT molecular complexity index is 1870. The molecule has 3 nitrogen and oxygen atoms in total. The van der Waals surface area contributed by atoms with Gasteiger partial charge in [-0.1, -0.05) is 90.6 Å². The second kappa shape index (κ2) is 8.64. The van der Waals surface area contributed by atoms with E-state index in [9.17, 15) is 0 Å². The SMILES string of the molecule is c1ccc2c(c1)Oc1ccccc1N2c1ccc2c(c1)[Si]1(c3ccccc3O2)c2ccccc2Sc2ccccc21. The molecule has 3 aliphatic heterocycles. The topological polar surface area (TPSA) is 21.7 Å². The lowest BCUT2D eigenvalue weighted by atomic mass is 10.1. The molecule has 0 N–H and O–H groups in total. The van der Waals surface area contributed by atoms with Gasteiger partial charge in [-0.05, 0) is 81.4 Å². The van der Waals surface area contributed by atoms with Gasteiger partial charge in [0.2, 0.25) is 0 Å². The van der Waals surface area contributed by atoms with Gasteiger partial charge in [0.05, 0.1) is 11.4 Å². The number of para-hydroxylation sites is 5. The molecule has 0 saturated carbocycles. The minimum Gasteiger partial charge on any atom is -0.458 e. The fourth-order valence-electron chi connectivity index (χ4n) is 6.73. The van der Waals surface area contributed by atoms with Gasteiger partial charge in [0.15, 0.2) is 19.6 Å². The van der Waals surface area contributed by atoms with Crippen LogP contribution in [0.5, 0.6) is 23.0 Å². The van der Waals surface area contributed by atoms with Crippen molar-refractivity contribution in [2.24, 2.45) is 0 Å². The van der Waals surface area contributed by atoms with Crippen molar-refractivity contribution in [3.05, 3.63) is 140 Å². The van der Waals surface area contributed by atoms with Crippen LogP contribution < -0.4 is 35.1 Å². The van der Waals surface area contributed by atoms with E-state index in [4.69, 9.17) is 9.47 Å². The van der Waals surface area contributed by atoms with E-state index in [1.165, 1.54) is 30.5 Å². The molecule has 0 fully saturated rings. The summed E-state index contributed by atoms with van der Waals surface area (Å²) in [5.41, 5.74) is 3.15. The van der Waals surface area contributed by atoms with Crippen LogP contribution in [-0.2, 0) is 0 Å². The minimum atomic E-state index is -2.73. The molecule has 0 radical (unpaired) electrons. The summed E-state index contributed by atoms with van der Waals surface area (Å²) >= 11 is 1.88. The molecule has 0 aliphatic carbocycles. The van der Waals surface area contributed by atoms with Gasteiger partial charge in [-0.25, -0.2) is 0 Å². The number of benzene rings is 6. The summed E-state index contributed by atoms with van der Waals surface area (Å²) in [6.07, 6.45) is 0. The number of hydrogen-bond donors (Lipinski definition) is 0. The lowest BCUT2D eigenvalue weighted by molar-refractivity contribution is 0.477. The molecule has 3 aliphatic rings. The third kappa shape index (κ3) is 3.16. The van der Waals surface area contributed by atoms with Gasteiger partial charge in [-0.15, -0.1) is 0 Å². The third-order valence-corrected chi connectivity index (χ3v) is 14.8. The second-order valence-corrected chi connectivity index (χ2v) is 15.2. The molecular weight excluding hydrogens is 539 g/mol. The quantitative estimate of drug-likeness (QED) is 0.198. The van der Waals surface area contributed by atoms with Crippen LogP contribution in [0, 0.1) is 0 Å². The Labute approximate surface area is 243 Å². The Kier molecular flexibility index (Phi) is 4.86. The summed E-state index contributed by atoms with van der Waals surface area (Å²) in [7, 11) is -2.73. The molecule has 6 aromatic carbocycles. The predicted molar refractivity (Wildman–Crippen MR) is 169 cm³/mol. The van der Waals surface area contributed by atoms with Gasteiger partial charge in [-0.2, -0.15) is 0 Å². The third-order valence-electron chi connectivity index (χ3n) is 8.37. The first-order valence-electron chi connectivity index (χ1n) is 13.8. The fourth-order valence-corrected chi connectivity index (χ4v) is 13.9. The van der Waals surface area contributed by atoms with Crippen LogP contribution >= 0.6 is 11.8 Å². The van der Waals surface area contributed by atoms with Crippen molar-refractivity contribution in [2.45, 2.75) is 9.79 Å². The molecule has 0 bridgehead atoms. The zero-order chi connectivity index (χ0) is 27.0. The molecule has 3 heterocycles. The van der Waals surface area contributed by atoms with E-state index in [0.717, 1.165) is 40.1 Å². The van der Waals surface area contributed by atoms with Crippen molar-refractivity contribution in [3.63, 3.8) is 0 Å². The van der Waals surface area contributed by atoms with Crippen LogP contribution in [0.4, 0.5) is 17.1 Å².